The average Bonchev–Trinajstić information content (AvgIpc) is 2.36. The van der Waals surface area contributed by atoms with Crippen molar-refractivity contribution in [1.82, 2.24) is 4.90 Å². The molecule has 0 saturated carbocycles. The lowest BCUT2D eigenvalue weighted by molar-refractivity contribution is -0.129. The molecule has 1 aromatic carbocycles. The number of amides is 1. The van der Waals surface area contributed by atoms with Gasteiger partial charge in [-0.2, -0.15) is 0 Å². The van der Waals surface area contributed by atoms with Crippen molar-refractivity contribution in [2.24, 2.45) is 0 Å². The third kappa shape index (κ3) is 4.02. The Balaban J connectivity index is 2.61. The minimum Gasteiger partial charge on any atom is -0.494 e. The van der Waals surface area contributed by atoms with E-state index in [1.165, 1.54) is 13.2 Å². The van der Waals surface area contributed by atoms with Gasteiger partial charge in [-0.1, -0.05) is 19.4 Å². The first-order valence-corrected chi connectivity index (χ1v) is 6.14. The summed E-state index contributed by atoms with van der Waals surface area (Å²) >= 11 is 0. The summed E-state index contributed by atoms with van der Waals surface area (Å²) in [5, 5.41) is 0. The maximum absolute atomic E-state index is 13.5. The highest BCUT2D eigenvalue weighted by atomic mass is 19.1. The Morgan fingerprint density at radius 1 is 1.44 bits per heavy atom. The molecule has 18 heavy (non-hydrogen) atoms. The van der Waals surface area contributed by atoms with Crippen molar-refractivity contribution in [3.8, 4) is 5.75 Å². The van der Waals surface area contributed by atoms with E-state index in [4.69, 9.17) is 4.74 Å². The summed E-state index contributed by atoms with van der Waals surface area (Å²) in [4.78, 5) is 13.5. The Labute approximate surface area is 108 Å². The normalized spacial score (nSPS) is 10.2. The number of carbonyl (C=O) groups is 1. The van der Waals surface area contributed by atoms with E-state index in [1.54, 1.807) is 24.1 Å². The molecule has 4 heteroatoms. The zero-order valence-corrected chi connectivity index (χ0v) is 11.2. The quantitative estimate of drug-likeness (QED) is 0.780. The smallest absolute Gasteiger partial charge is 0.226 e. The second kappa shape index (κ2) is 6.99. The SMILES string of the molecule is CCCCN(C)C(=O)Cc1ccc(OC)c(F)c1. The molecule has 3 nitrogen and oxygen atoms in total. The van der Waals surface area contributed by atoms with Gasteiger partial charge in [0, 0.05) is 13.6 Å². The van der Waals surface area contributed by atoms with E-state index in [0.29, 0.717) is 5.56 Å². The molecule has 0 spiro atoms. The highest BCUT2D eigenvalue weighted by Crippen LogP contribution is 2.18. The Morgan fingerprint density at radius 2 is 2.17 bits per heavy atom. The van der Waals surface area contributed by atoms with Crippen LogP contribution in [0, 0.1) is 5.82 Å². The summed E-state index contributed by atoms with van der Waals surface area (Å²) in [5.74, 6) is -0.224. The predicted octanol–water partition coefficient (Wildman–Crippen LogP) is 2.64. The van der Waals surface area contributed by atoms with Crippen LogP contribution in [-0.2, 0) is 11.2 Å². The van der Waals surface area contributed by atoms with Crippen molar-refractivity contribution in [2.45, 2.75) is 26.2 Å². The predicted molar refractivity (Wildman–Crippen MR) is 69.2 cm³/mol. The maximum atomic E-state index is 13.5. The third-order valence-electron chi connectivity index (χ3n) is 2.84. The number of hydrogen-bond donors (Lipinski definition) is 0. The molecule has 0 aliphatic carbocycles. The second-order valence-corrected chi connectivity index (χ2v) is 4.31. The average molecular weight is 253 g/mol. The standard InChI is InChI=1S/C14H20FNO2/c1-4-5-8-16(2)14(17)10-11-6-7-13(18-3)12(15)9-11/h6-7,9H,4-5,8,10H2,1-3H3. The number of benzene rings is 1. The fourth-order valence-corrected chi connectivity index (χ4v) is 1.65. The first kappa shape index (κ1) is 14.5. The number of halogens is 1. The first-order chi connectivity index (χ1) is 8.58. The molecule has 0 atom stereocenters. The molecule has 0 aliphatic heterocycles. The zero-order chi connectivity index (χ0) is 13.5. The van der Waals surface area contributed by atoms with Crippen molar-refractivity contribution >= 4 is 5.91 Å². The minimum absolute atomic E-state index is 0.00742. The minimum atomic E-state index is -0.431. The summed E-state index contributed by atoms with van der Waals surface area (Å²) in [6, 6.07) is 4.61. The molecular formula is C14H20FNO2. The van der Waals surface area contributed by atoms with Crippen molar-refractivity contribution in [1.29, 1.82) is 0 Å². The van der Waals surface area contributed by atoms with Gasteiger partial charge < -0.3 is 9.64 Å². The van der Waals surface area contributed by atoms with Crippen LogP contribution in [0.3, 0.4) is 0 Å². The van der Waals surface area contributed by atoms with E-state index in [2.05, 4.69) is 6.92 Å². The highest BCUT2D eigenvalue weighted by Gasteiger charge is 2.11. The van der Waals surface area contributed by atoms with Gasteiger partial charge in [-0.25, -0.2) is 4.39 Å². The van der Waals surface area contributed by atoms with Gasteiger partial charge in [0.1, 0.15) is 0 Å². The van der Waals surface area contributed by atoms with E-state index in [9.17, 15) is 9.18 Å². The number of carbonyl (C=O) groups excluding carboxylic acids is 1. The van der Waals surface area contributed by atoms with Crippen molar-refractivity contribution < 1.29 is 13.9 Å². The topological polar surface area (TPSA) is 29.5 Å². The molecule has 1 aromatic rings. The lowest BCUT2D eigenvalue weighted by atomic mass is 10.1. The van der Waals surface area contributed by atoms with Crippen LogP contribution in [0.4, 0.5) is 4.39 Å². The molecule has 100 valence electrons. The van der Waals surface area contributed by atoms with Crippen LogP contribution in [-0.4, -0.2) is 31.5 Å². The van der Waals surface area contributed by atoms with E-state index in [1.807, 2.05) is 0 Å². The summed E-state index contributed by atoms with van der Waals surface area (Å²) in [7, 11) is 3.19. The molecular weight excluding hydrogens is 233 g/mol. The van der Waals surface area contributed by atoms with Gasteiger partial charge in [-0.3, -0.25) is 4.79 Å². The molecule has 0 bridgehead atoms. The fourth-order valence-electron chi connectivity index (χ4n) is 1.65. The Kier molecular flexibility index (Phi) is 5.62. The number of nitrogens with zero attached hydrogens (tertiary/aromatic N) is 1. The lowest BCUT2D eigenvalue weighted by Crippen LogP contribution is -2.29. The van der Waals surface area contributed by atoms with Gasteiger partial charge in [0.05, 0.1) is 13.5 Å². The zero-order valence-electron chi connectivity index (χ0n) is 11.2. The fraction of sp³-hybridized carbons (Fsp3) is 0.500. The Morgan fingerprint density at radius 3 is 2.72 bits per heavy atom. The van der Waals surface area contributed by atoms with Crippen LogP contribution in [0.25, 0.3) is 0 Å². The van der Waals surface area contributed by atoms with Crippen molar-refractivity contribution in [3.05, 3.63) is 29.6 Å². The molecule has 0 aliphatic rings. The Hall–Kier alpha value is -1.58. The molecule has 1 rings (SSSR count). The van der Waals surface area contributed by atoms with Gasteiger partial charge in [-0.15, -0.1) is 0 Å². The maximum Gasteiger partial charge on any atom is 0.226 e. The van der Waals surface area contributed by atoms with Crippen LogP contribution in [0.5, 0.6) is 5.75 Å². The highest BCUT2D eigenvalue weighted by molar-refractivity contribution is 5.78. The number of rotatable bonds is 6. The number of likely N-dealkylation sites (N-methyl/N-ethyl adjacent to an activating group) is 1. The number of hydrogen-bond acceptors (Lipinski definition) is 2. The molecule has 0 unspecified atom stereocenters. The largest absolute Gasteiger partial charge is 0.494 e. The lowest BCUT2D eigenvalue weighted by Gasteiger charge is -2.16. The molecule has 0 saturated heterocycles. The first-order valence-electron chi connectivity index (χ1n) is 6.14. The number of unbranched alkanes of at least 4 members (excludes halogenated alkanes) is 1. The Bertz CT molecular complexity index is 407. The van der Waals surface area contributed by atoms with E-state index in [-0.39, 0.29) is 18.1 Å². The van der Waals surface area contributed by atoms with Crippen LogP contribution >= 0.6 is 0 Å². The number of methoxy groups -OCH3 is 1. The van der Waals surface area contributed by atoms with Crippen molar-refractivity contribution in [2.75, 3.05) is 20.7 Å². The van der Waals surface area contributed by atoms with E-state index >= 15 is 0 Å². The summed E-state index contributed by atoms with van der Waals surface area (Å²) in [5.41, 5.74) is 0.668. The number of ether oxygens (including phenoxy) is 1. The molecule has 0 N–H and O–H groups in total. The van der Waals surface area contributed by atoms with Crippen molar-refractivity contribution in [3.63, 3.8) is 0 Å². The summed E-state index contributed by atoms with van der Waals surface area (Å²) < 4.78 is 18.3. The molecule has 0 heterocycles. The van der Waals surface area contributed by atoms with Crippen LogP contribution in [0.15, 0.2) is 18.2 Å². The monoisotopic (exact) mass is 253 g/mol. The van der Waals surface area contributed by atoms with Crippen LogP contribution in [0.1, 0.15) is 25.3 Å². The second-order valence-electron chi connectivity index (χ2n) is 4.31. The third-order valence-corrected chi connectivity index (χ3v) is 2.84. The summed E-state index contributed by atoms with van der Waals surface area (Å²) in [6.07, 6.45) is 2.26. The molecule has 0 fully saturated rings. The van der Waals surface area contributed by atoms with Crippen LogP contribution < -0.4 is 4.74 Å². The summed E-state index contributed by atoms with van der Waals surface area (Å²) in [6.45, 7) is 2.82. The van der Waals surface area contributed by atoms with E-state index in [0.717, 1.165) is 19.4 Å². The molecule has 1 amide bonds. The molecule has 0 radical (unpaired) electrons. The van der Waals surface area contributed by atoms with Gasteiger partial charge in [0.25, 0.3) is 0 Å². The van der Waals surface area contributed by atoms with Gasteiger partial charge in [0.2, 0.25) is 5.91 Å². The van der Waals surface area contributed by atoms with E-state index < -0.39 is 5.82 Å². The van der Waals surface area contributed by atoms with Gasteiger partial charge >= 0.3 is 0 Å². The van der Waals surface area contributed by atoms with Gasteiger partial charge in [0.15, 0.2) is 11.6 Å². The van der Waals surface area contributed by atoms with Crippen LogP contribution in [0.2, 0.25) is 0 Å². The van der Waals surface area contributed by atoms with Gasteiger partial charge in [-0.05, 0) is 24.1 Å². The molecule has 0 aromatic heterocycles.